The van der Waals surface area contributed by atoms with Gasteiger partial charge >= 0.3 is 6.03 Å². The van der Waals surface area contributed by atoms with Gasteiger partial charge in [0.2, 0.25) is 15.9 Å². The summed E-state index contributed by atoms with van der Waals surface area (Å²) in [5, 5.41) is 10.4. The molecule has 180 valence electrons. The third-order valence-corrected chi connectivity index (χ3v) is 8.25. The van der Waals surface area contributed by atoms with Crippen LogP contribution < -0.4 is 11.1 Å². The summed E-state index contributed by atoms with van der Waals surface area (Å²) in [6, 6.07) is 5.65. The number of hydrogen-bond acceptors (Lipinski definition) is 8. The highest BCUT2D eigenvalue weighted by atomic mass is 32.2. The van der Waals surface area contributed by atoms with Gasteiger partial charge in [-0.3, -0.25) is 14.7 Å². The smallest absolute Gasteiger partial charge is 0.318 e. The molecule has 1 fully saturated rings. The molecule has 2 unspecified atom stereocenters. The fourth-order valence-electron chi connectivity index (χ4n) is 3.30. The van der Waals surface area contributed by atoms with Crippen molar-refractivity contribution < 1.29 is 22.7 Å². The summed E-state index contributed by atoms with van der Waals surface area (Å²) in [4.78, 5) is 23.3. The molecule has 1 saturated heterocycles. The Labute approximate surface area is 197 Å². The van der Waals surface area contributed by atoms with E-state index in [1.165, 1.54) is 4.31 Å². The van der Waals surface area contributed by atoms with Crippen LogP contribution in [0.4, 0.5) is 4.79 Å². The van der Waals surface area contributed by atoms with E-state index in [9.17, 15) is 18.0 Å². The van der Waals surface area contributed by atoms with Crippen LogP contribution in [0.25, 0.3) is 11.4 Å². The SMILES string of the molecule is CCC(C)n1c(SC(C)C(=O)NC(N)=O)nnc1-c1cccc(S(=O)(=O)N2CCOCC2)c1. The Bertz CT molecular complexity index is 1110. The average Bonchev–Trinajstić information content (AvgIpc) is 3.22. The molecule has 33 heavy (non-hydrogen) atoms. The standard InChI is InChI=1S/C20H28N6O5S2/c1-4-13(2)26-17(23-24-20(26)32-14(3)18(27)22-19(21)28)15-6-5-7-16(12-15)33(29,30)25-8-10-31-11-9-25/h5-7,12-14H,4,8-11H2,1-3H3,(H3,21,22,27,28). The van der Waals surface area contributed by atoms with Crippen molar-refractivity contribution in [2.75, 3.05) is 26.3 Å². The molecule has 2 heterocycles. The van der Waals surface area contributed by atoms with Gasteiger partial charge in [0.05, 0.1) is 23.4 Å². The van der Waals surface area contributed by atoms with E-state index in [1.807, 2.05) is 18.4 Å². The van der Waals surface area contributed by atoms with Crippen molar-refractivity contribution in [3.05, 3.63) is 24.3 Å². The molecular weight excluding hydrogens is 468 g/mol. The molecule has 1 aliphatic rings. The number of carbonyl (C=O) groups is 2. The van der Waals surface area contributed by atoms with Crippen LogP contribution in [-0.4, -0.2) is 71.0 Å². The van der Waals surface area contributed by atoms with Crippen molar-refractivity contribution in [1.29, 1.82) is 0 Å². The van der Waals surface area contributed by atoms with Crippen molar-refractivity contribution in [3.63, 3.8) is 0 Å². The van der Waals surface area contributed by atoms with E-state index in [4.69, 9.17) is 10.5 Å². The molecule has 0 radical (unpaired) electrons. The molecule has 0 saturated carbocycles. The number of primary amides is 1. The molecule has 2 aromatic rings. The summed E-state index contributed by atoms with van der Waals surface area (Å²) >= 11 is 1.14. The van der Waals surface area contributed by atoms with Gasteiger partial charge in [0, 0.05) is 24.7 Å². The molecule has 1 aromatic carbocycles. The molecule has 0 aliphatic carbocycles. The molecular formula is C20H28N6O5S2. The number of nitrogens with one attached hydrogen (secondary N) is 1. The van der Waals surface area contributed by atoms with Crippen molar-refractivity contribution >= 4 is 33.7 Å². The van der Waals surface area contributed by atoms with Crippen LogP contribution in [0.15, 0.2) is 34.3 Å². The number of carbonyl (C=O) groups excluding carboxylic acids is 2. The average molecular weight is 497 g/mol. The second kappa shape index (κ2) is 10.6. The number of aromatic nitrogens is 3. The van der Waals surface area contributed by atoms with E-state index >= 15 is 0 Å². The largest absolute Gasteiger partial charge is 0.379 e. The maximum absolute atomic E-state index is 13.1. The minimum absolute atomic E-state index is 0.0246. The second-order valence-corrected chi connectivity index (χ2v) is 10.8. The Hall–Kier alpha value is -2.48. The first kappa shape index (κ1) is 25.1. The van der Waals surface area contributed by atoms with Gasteiger partial charge < -0.3 is 10.5 Å². The van der Waals surface area contributed by atoms with Crippen LogP contribution in [-0.2, 0) is 19.6 Å². The Kier molecular flexibility index (Phi) is 8.10. The van der Waals surface area contributed by atoms with E-state index < -0.39 is 27.2 Å². The van der Waals surface area contributed by atoms with Gasteiger partial charge in [0.25, 0.3) is 0 Å². The predicted octanol–water partition coefficient (Wildman–Crippen LogP) is 1.61. The van der Waals surface area contributed by atoms with Gasteiger partial charge in [-0.25, -0.2) is 13.2 Å². The lowest BCUT2D eigenvalue weighted by molar-refractivity contribution is -0.119. The zero-order valence-electron chi connectivity index (χ0n) is 18.7. The summed E-state index contributed by atoms with van der Waals surface area (Å²) in [6.45, 7) is 6.97. The molecule has 1 aromatic heterocycles. The lowest BCUT2D eigenvalue weighted by Crippen LogP contribution is -2.40. The van der Waals surface area contributed by atoms with E-state index in [0.29, 0.717) is 42.8 Å². The normalized spacial score (nSPS) is 16.8. The highest BCUT2D eigenvalue weighted by Crippen LogP contribution is 2.32. The summed E-state index contributed by atoms with van der Waals surface area (Å²) in [6.07, 6.45) is 0.756. The van der Waals surface area contributed by atoms with Crippen LogP contribution >= 0.6 is 11.8 Å². The monoisotopic (exact) mass is 496 g/mol. The number of imide groups is 1. The van der Waals surface area contributed by atoms with Crippen LogP contribution in [0.1, 0.15) is 33.2 Å². The lowest BCUT2D eigenvalue weighted by Gasteiger charge is -2.26. The zero-order chi connectivity index (χ0) is 24.2. The number of hydrogen-bond donors (Lipinski definition) is 2. The summed E-state index contributed by atoms with van der Waals surface area (Å²) in [5.74, 6) is -0.0419. The number of morpholine rings is 1. The number of ether oxygens (including phenoxy) is 1. The summed E-state index contributed by atoms with van der Waals surface area (Å²) < 4.78 is 34.8. The number of urea groups is 1. The van der Waals surface area contributed by atoms with Crippen molar-refractivity contribution in [1.82, 2.24) is 24.4 Å². The van der Waals surface area contributed by atoms with Gasteiger partial charge in [-0.1, -0.05) is 30.8 Å². The number of sulfonamides is 1. The van der Waals surface area contributed by atoms with Crippen LogP contribution in [0.3, 0.4) is 0 Å². The Balaban J connectivity index is 1.95. The quantitative estimate of drug-likeness (QED) is 0.524. The molecule has 13 heteroatoms. The van der Waals surface area contributed by atoms with E-state index in [1.54, 1.807) is 31.2 Å². The van der Waals surface area contributed by atoms with E-state index in [-0.39, 0.29) is 10.9 Å². The maximum atomic E-state index is 13.1. The highest BCUT2D eigenvalue weighted by Gasteiger charge is 2.28. The number of benzene rings is 1. The van der Waals surface area contributed by atoms with E-state index in [0.717, 1.165) is 18.2 Å². The molecule has 3 amide bonds. The fourth-order valence-corrected chi connectivity index (χ4v) is 5.70. The van der Waals surface area contributed by atoms with Crippen molar-refractivity contribution in [2.24, 2.45) is 5.73 Å². The van der Waals surface area contributed by atoms with Gasteiger partial charge in [-0.15, -0.1) is 10.2 Å². The molecule has 1 aliphatic heterocycles. The first-order valence-electron chi connectivity index (χ1n) is 10.5. The van der Waals surface area contributed by atoms with Crippen molar-refractivity contribution in [2.45, 2.75) is 48.5 Å². The molecule has 0 spiro atoms. The minimum Gasteiger partial charge on any atom is -0.379 e. The number of nitrogens with two attached hydrogens (primary N) is 1. The van der Waals surface area contributed by atoms with Crippen LogP contribution in [0, 0.1) is 0 Å². The second-order valence-electron chi connectivity index (χ2n) is 7.59. The lowest BCUT2D eigenvalue weighted by atomic mass is 10.2. The van der Waals surface area contributed by atoms with Crippen LogP contribution in [0.2, 0.25) is 0 Å². The fraction of sp³-hybridized carbons (Fsp3) is 0.500. The Morgan fingerprint density at radius 1 is 1.24 bits per heavy atom. The summed E-state index contributed by atoms with van der Waals surface area (Å²) in [7, 11) is -3.67. The maximum Gasteiger partial charge on any atom is 0.318 e. The van der Waals surface area contributed by atoms with Gasteiger partial charge in [0.1, 0.15) is 0 Å². The van der Waals surface area contributed by atoms with Gasteiger partial charge in [0.15, 0.2) is 11.0 Å². The third kappa shape index (κ3) is 5.72. The molecule has 3 N–H and O–H groups in total. The van der Waals surface area contributed by atoms with Gasteiger partial charge in [-0.2, -0.15) is 4.31 Å². The Morgan fingerprint density at radius 2 is 1.94 bits per heavy atom. The topological polar surface area (TPSA) is 150 Å². The number of rotatable bonds is 8. The molecule has 3 rings (SSSR count). The first-order valence-corrected chi connectivity index (χ1v) is 12.9. The first-order chi connectivity index (χ1) is 15.6. The number of thioether (sulfide) groups is 1. The highest BCUT2D eigenvalue weighted by molar-refractivity contribution is 8.00. The molecule has 0 bridgehead atoms. The van der Waals surface area contributed by atoms with Crippen molar-refractivity contribution in [3.8, 4) is 11.4 Å². The van der Waals surface area contributed by atoms with E-state index in [2.05, 4.69) is 15.5 Å². The zero-order valence-corrected chi connectivity index (χ0v) is 20.4. The number of amides is 3. The van der Waals surface area contributed by atoms with Crippen LogP contribution in [0.5, 0.6) is 0 Å². The minimum atomic E-state index is -3.67. The summed E-state index contributed by atoms with van der Waals surface area (Å²) in [5.41, 5.74) is 5.63. The molecule has 2 atom stereocenters. The third-order valence-electron chi connectivity index (χ3n) is 5.29. The predicted molar refractivity (Wildman–Crippen MR) is 123 cm³/mol. The number of nitrogens with zero attached hydrogens (tertiary/aromatic N) is 4. The van der Waals surface area contributed by atoms with Gasteiger partial charge in [-0.05, 0) is 32.4 Å². The molecule has 11 nitrogen and oxygen atoms in total. The Morgan fingerprint density at radius 3 is 2.58 bits per heavy atom.